The molecule has 0 aliphatic rings. The zero-order valence-electron chi connectivity index (χ0n) is 16.0. The van der Waals surface area contributed by atoms with Crippen LogP contribution in [0.4, 0.5) is 8.78 Å². The fourth-order valence-electron chi connectivity index (χ4n) is 3.44. The van der Waals surface area contributed by atoms with Gasteiger partial charge >= 0.3 is 0 Å². The summed E-state index contributed by atoms with van der Waals surface area (Å²) in [5.74, 6) is -1.30. The van der Waals surface area contributed by atoms with E-state index in [-0.39, 0.29) is 51.6 Å². The van der Waals surface area contributed by atoms with Crippen LogP contribution in [0.25, 0.3) is 10.9 Å². The fraction of sp³-hybridized carbons (Fsp3) is 0.273. The number of carbonyl (C=O) groups excluding carboxylic acids is 1. The van der Waals surface area contributed by atoms with Gasteiger partial charge in [0.2, 0.25) is 0 Å². The topological polar surface area (TPSA) is 59.3 Å². The lowest BCUT2D eigenvalue weighted by atomic mass is 9.99. The van der Waals surface area contributed by atoms with Crippen LogP contribution in [0.3, 0.4) is 0 Å². The molecule has 4 nitrogen and oxygen atoms in total. The normalized spacial score (nSPS) is 12.5. The molecule has 0 aliphatic carbocycles. The van der Waals surface area contributed by atoms with E-state index in [0.717, 1.165) is 0 Å². The second-order valence-electron chi connectivity index (χ2n) is 7.28. The van der Waals surface area contributed by atoms with Gasteiger partial charge in [-0.3, -0.25) is 9.59 Å². The van der Waals surface area contributed by atoms with Crippen molar-refractivity contribution in [3.8, 4) is 0 Å². The minimum Gasteiger partial charge on any atom is -0.394 e. The van der Waals surface area contributed by atoms with Crippen molar-refractivity contribution >= 4 is 28.8 Å². The monoisotopic (exact) mass is 419 g/mol. The molecule has 1 N–H and O–H groups in total. The van der Waals surface area contributed by atoms with E-state index in [9.17, 15) is 23.5 Å². The molecule has 0 radical (unpaired) electrons. The minimum atomic E-state index is -0.645. The van der Waals surface area contributed by atoms with Crippen LogP contribution in [-0.4, -0.2) is 22.6 Å². The molecule has 0 saturated carbocycles. The van der Waals surface area contributed by atoms with Gasteiger partial charge < -0.3 is 9.67 Å². The molecule has 0 bridgehead atoms. The third kappa shape index (κ3) is 3.95. The van der Waals surface area contributed by atoms with E-state index >= 15 is 0 Å². The summed E-state index contributed by atoms with van der Waals surface area (Å²) >= 11 is 5.80. The highest BCUT2D eigenvalue weighted by Crippen LogP contribution is 2.27. The van der Waals surface area contributed by atoms with E-state index in [1.807, 2.05) is 13.8 Å². The summed E-state index contributed by atoms with van der Waals surface area (Å²) in [6.07, 6.45) is 1.67. The van der Waals surface area contributed by atoms with Crippen LogP contribution in [0.1, 0.15) is 41.4 Å². The standard InChI is InChI=1S/C22H20ClF2NO3/c1-12(2)20(11-28)26-9-15(10-27)22(29)16-7-14(18(24)8-19(16)26)6-13-4-3-5-17(23)21(13)25/h3-5,7-10,12,20,28H,6,11H2,1-2H3/t20-/m1/s1. The molecule has 3 aromatic rings. The number of fused-ring (bicyclic) bond motifs is 1. The molecule has 0 amide bonds. The third-order valence-electron chi connectivity index (χ3n) is 5.08. The SMILES string of the molecule is CC(C)[C@@H](CO)n1cc(C=O)c(=O)c2cc(Cc3cccc(Cl)c3F)c(F)cc21. The lowest BCUT2D eigenvalue weighted by molar-refractivity contribution is 0.112. The highest BCUT2D eigenvalue weighted by atomic mass is 35.5. The first-order chi connectivity index (χ1) is 13.8. The van der Waals surface area contributed by atoms with E-state index in [0.29, 0.717) is 6.29 Å². The number of hydrogen-bond donors (Lipinski definition) is 1. The second kappa shape index (κ2) is 8.43. The van der Waals surface area contributed by atoms with Gasteiger partial charge in [0.1, 0.15) is 11.6 Å². The van der Waals surface area contributed by atoms with Crippen LogP contribution < -0.4 is 5.43 Å². The number of carbonyl (C=O) groups is 1. The molecule has 0 unspecified atom stereocenters. The second-order valence-corrected chi connectivity index (χ2v) is 7.69. The average molecular weight is 420 g/mol. The van der Waals surface area contributed by atoms with Gasteiger partial charge in [-0.05, 0) is 35.2 Å². The van der Waals surface area contributed by atoms with Crippen molar-refractivity contribution in [3.63, 3.8) is 0 Å². The Balaban J connectivity index is 2.25. The lowest BCUT2D eigenvalue weighted by Crippen LogP contribution is -2.24. The number of pyridine rings is 1. The summed E-state index contributed by atoms with van der Waals surface area (Å²) in [5, 5.41) is 9.84. The molecule has 1 aromatic heterocycles. The number of aldehydes is 1. The number of aliphatic hydroxyl groups is 1. The van der Waals surface area contributed by atoms with Crippen LogP contribution in [0, 0.1) is 17.6 Å². The van der Waals surface area contributed by atoms with E-state index in [4.69, 9.17) is 11.6 Å². The molecule has 0 saturated heterocycles. The maximum Gasteiger partial charge on any atom is 0.199 e. The lowest BCUT2D eigenvalue weighted by Gasteiger charge is -2.25. The number of nitrogens with zero attached hydrogens (tertiary/aromatic N) is 1. The Morgan fingerprint density at radius 3 is 2.55 bits per heavy atom. The largest absolute Gasteiger partial charge is 0.394 e. The van der Waals surface area contributed by atoms with Crippen LogP contribution in [-0.2, 0) is 6.42 Å². The molecular weight excluding hydrogens is 400 g/mol. The van der Waals surface area contributed by atoms with Gasteiger partial charge in [0.25, 0.3) is 0 Å². The molecule has 0 fully saturated rings. The van der Waals surface area contributed by atoms with Crippen molar-refractivity contribution in [2.24, 2.45) is 5.92 Å². The summed E-state index contributed by atoms with van der Waals surface area (Å²) < 4.78 is 30.7. The smallest absolute Gasteiger partial charge is 0.199 e. The van der Waals surface area contributed by atoms with Gasteiger partial charge in [-0.25, -0.2) is 8.78 Å². The van der Waals surface area contributed by atoms with Crippen LogP contribution in [0.5, 0.6) is 0 Å². The van der Waals surface area contributed by atoms with Crippen LogP contribution >= 0.6 is 11.6 Å². The summed E-state index contributed by atoms with van der Waals surface area (Å²) in [6, 6.07) is 6.52. The quantitative estimate of drug-likeness (QED) is 0.597. The zero-order chi connectivity index (χ0) is 21.3. The van der Waals surface area contributed by atoms with E-state index < -0.39 is 23.1 Å². The molecule has 1 atom stereocenters. The Morgan fingerprint density at radius 2 is 1.93 bits per heavy atom. The van der Waals surface area contributed by atoms with Crippen molar-refractivity contribution in [1.82, 2.24) is 4.57 Å². The summed E-state index contributed by atoms with van der Waals surface area (Å²) in [7, 11) is 0. The third-order valence-corrected chi connectivity index (χ3v) is 5.37. The predicted octanol–water partition coefficient (Wildman–Crippen LogP) is 4.53. The Labute approximate surface area is 171 Å². The van der Waals surface area contributed by atoms with Crippen LogP contribution in [0.15, 0.2) is 41.3 Å². The molecule has 152 valence electrons. The molecule has 7 heteroatoms. The predicted molar refractivity (Wildman–Crippen MR) is 109 cm³/mol. The van der Waals surface area contributed by atoms with Crippen molar-refractivity contribution in [3.05, 3.63) is 80.1 Å². The van der Waals surface area contributed by atoms with Crippen LogP contribution in [0.2, 0.25) is 5.02 Å². The summed E-state index contributed by atoms with van der Waals surface area (Å²) in [5.41, 5.74) is -0.0720. The number of halogens is 3. The van der Waals surface area contributed by atoms with Gasteiger partial charge in [-0.15, -0.1) is 0 Å². The van der Waals surface area contributed by atoms with Gasteiger partial charge in [-0.1, -0.05) is 37.6 Å². The van der Waals surface area contributed by atoms with Gasteiger partial charge in [0.15, 0.2) is 11.7 Å². The summed E-state index contributed by atoms with van der Waals surface area (Å²) in [6.45, 7) is 3.50. The van der Waals surface area contributed by atoms with Gasteiger partial charge in [0, 0.05) is 18.0 Å². The Bertz CT molecular complexity index is 1140. The first-order valence-electron chi connectivity index (χ1n) is 9.14. The van der Waals surface area contributed by atoms with Crippen molar-refractivity contribution in [2.75, 3.05) is 6.61 Å². The highest BCUT2D eigenvalue weighted by Gasteiger charge is 2.20. The number of benzene rings is 2. The Hall–Kier alpha value is -2.57. The first-order valence-corrected chi connectivity index (χ1v) is 9.52. The molecule has 29 heavy (non-hydrogen) atoms. The first kappa shape index (κ1) is 21.1. The van der Waals surface area contributed by atoms with E-state index in [1.54, 1.807) is 10.6 Å². The van der Waals surface area contributed by atoms with Gasteiger partial charge in [-0.2, -0.15) is 0 Å². The van der Waals surface area contributed by atoms with Crippen molar-refractivity contribution in [1.29, 1.82) is 0 Å². The minimum absolute atomic E-state index is 0.0338. The maximum absolute atomic E-state index is 14.9. The van der Waals surface area contributed by atoms with E-state index in [2.05, 4.69) is 0 Å². The number of hydrogen-bond acceptors (Lipinski definition) is 3. The molecule has 3 rings (SSSR count). The number of aromatic nitrogens is 1. The zero-order valence-corrected chi connectivity index (χ0v) is 16.7. The molecule has 2 aromatic carbocycles. The van der Waals surface area contributed by atoms with Crippen molar-refractivity contribution in [2.45, 2.75) is 26.3 Å². The molecule has 0 aliphatic heterocycles. The Kier molecular flexibility index (Phi) is 6.15. The maximum atomic E-state index is 14.9. The number of aliphatic hydroxyl groups excluding tert-OH is 1. The fourth-order valence-corrected chi connectivity index (χ4v) is 3.63. The molecular formula is C22H20ClF2NO3. The highest BCUT2D eigenvalue weighted by molar-refractivity contribution is 6.30. The number of rotatable bonds is 6. The van der Waals surface area contributed by atoms with E-state index in [1.165, 1.54) is 30.5 Å². The molecule has 0 spiro atoms. The average Bonchev–Trinajstić information content (AvgIpc) is 2.68. The molecule has 1 heterocycles. The van der Waals surface area contributed by atoms with Crippen molar-refractivity contribution < 1.29 is 18.7 Å². The Morgan fingerprint density at radius 1 is 1.21 bits per heavy atom. The van der Waals surface area contributed by atoms with Gasteiger partial charge in [0.05, 0.1) is 28.8 Å². The summed E-state index contributed by atoms with van der Waals surface area (Å²) in [4.78, 5) is 24.1.